The van der Waals surface area contributed by atoms with E-state index in [2.05, 4.69) is 5.73 Å². The van der Waals surface area contributed by atoms with Gasteiger partial charge in [-0.05, 0) is 20.8 Å². The van der Waals surface area contributed by atoms with Gasteiger partial charge in [-0.2, -0.15) is 0 Å². The van der Waals surface area contributed by atoms with Crippen molar-refractivity contribution in [3.05, 3.63) is 0 Å². The summed E-state index contributed by atoms with van der Waals surface area (Å²) >= 11 is 0. The van der Waals surface area contributed by atoms with Gasteiger partial charge in [0.1, 0.15) is 6.04 Å². The maximum atomic E-state index is 10.0. The van der Waals surface area contributed by atoms with Gasteiger partial charge in [0, 0.05) is 0 Å². The third-order valence-electron chi connectivity index (χ3n) is 1.38. The topological polar surface area (TPSA) is 144 Å². The molecule has 16 heavy (non-hydrogen) atoms. The van der Waals surface area contributed by atoms with Crippen LogP contribution in [-0.2, 0) is 14.4 Å². The van der Waals surface area contributed by atoms with E-state index in [1.165, 1.54) is 0 Å². The fourth-order valence-corrected chi connectivity index (χ4v) is 0.304. The smallest absolute Gasteiger partial charge is 0.321 e. The summed E-state index contributed by atoms with van der Waals surface area (Å²) < 4.78 is 0. The Morgan fingerprint density at radius 1 is 1.19 bits per heavy atom. The Kier molecular flexibility index (Phi) is 7.11. The minimum absolute atomic E-state index is 0.310. The normalized spacial score (nSPS) is 12.0. The van der Waals surface area contributed by atoms with Gasteiger partial charge < -0.3 is 21.7 Å². The molecule has 6 N–H and O–H groups in total. The lowest BCUT2D eigenvalue weighted by Gasteiger charge is -2.08. The summed E-state index contributed by atoms with van der Waals surface area (Å²) in [5.74, 6) is -2.67. The summed E-state index contributed by atoms with van der Waals surface area (Å²) in [6, 6.07) is -1.16. The van der Waals surface area contributed by atoms with Gasteiger partial charge in [-0.15, -0.1) is 0 Å². The average Bonchev–Trinajstić information content (AvgIpc) is 2.01. The van der Waals surface area contributed by atoms with Crippen LogP contribution in [0.1, 0.15) is 27.2 Å². The Labute approximate surface area is 93.4 Å². The van der Waals surface area contributed by atoms with Gasteiger partial charge in [0.05, 0.1) is 11.8 Å². The van der Waals surface area contributed by atoms with E-state index in [4.69, 9.17) is 15.9 Å². The van der Waals surface area contributed by atoms with E-state index in [0.29, 0.717) is 0 Å². The number of aliphatic carboxylic acids is 2. The zero-order valence-corrected chi connectivity index (χ0v) is 9.56. The van der Waals surface area contributed by atoms with Crippen LogP contribution in [0, 0.1) is 5.41 Å². The third-order valence-corrected chi connectivity index (χ3v) is 1.38. The number of carboxylic acids is 2. The van der Waals surface area contributed by atoms with Crippen molar-refractivity contribution in [1.29, 1.82) is 0 Å². The van der Waals surface area contributed by atoms with E-state index >= 15 is 0 Å². The molecule has 0 aliphatic carbocycles. The minimum atomic E-state index is -1.21. The van der Waals surface area contributed by atoms with Crippen molar-refractivity contribution in [2.24, 2.45) is 16.9 Å². The molecule has 0 rings (SSSR count). The van der Waals surface area contributed by atoms with Gasteiger partial charge in [-0.1, -0.05) is 0 Å². The van der Waals surface area contributed by atoms with Gasteiger partial charge in [-0.25, -0.2) is 0 Å². The molecule has 0 saturated carbocycles. The van der Waals surface area contributed by atoms with Gasteiger partial charge in [0.2, 0.25) is 5.91 Å². The predicted molar refractivity (Wildman–Crippen MR) is 56.5 cm³/mol. The SMILES string of the molecule is CC(C)(C)C(=O)O.NC(=O)C[C@H](N)C(=O)O. The summed E-state index contributed by atoms with van der Waals surface area (Å²) in [5, 5.41) is 16.3. The molecule has 0 aliphatic heterocycles. The zero-order chi connectivity index (χ0) is 13.5. The lowest BCUT2D eigenvalue weighted by atomic mass is 9.98. The summed E-state index contributed by atoms with van der Waals surface area (Å²) in [6.45, 7) is 4.99. The fourth-order valence-electron chi connectivity index (χ4n) is 0.304. The standard InChI is InChI=1S/C5H10O2.C4H8N2O3/c1-5(2,3)4(6)7;5-2(4(8)9)1-3(6)7/h1-3H3,(H,6,7);2H,1,5H2,(H2,6,7)(H,8,9)/t;2-/m.0/s1. The van der Waals surface area contributed by atoms with Crippen LogP contribution >= 0.6 is 0 Å². The molecule has 7 nitrogen and oxygen atoms in total. The first-order valence-corrected chi connectivity index (χ1v) is 4.48. The molecule has 1 amide bonds. The highest BCUT2D eigenvalue weighted by molar-refractivity contribution is 5.83. The number of carbonyl (C=O) groups excluding carboxylic acids is 1. The van der Waals surface area contributed by atoms with Crippen LogP contribution in [-0.4, -0.2) is 34.1 Å². The zero-order valence-electron chi connectivity index (χ0n) is 9.56. The third kappa shape index (κ3) is 10.5. The first-order valence-electron chi connectivity index (χ1n) is 4.48. The number of carbonyl (C=O) groups is 3. The first-order chi connectivity index (χ1) is 6.98. The largest absolute Gasteiger partial charge is 0.481 e. The van der Waals surface area contributed by atoms with Gasteiger partial charge in [-0.3, -0.25) is 14.4 Å². The fraction of sp³-hybridized carbons (Fsp3) is 0.667. The Hall–Kier alpha value is -1.63. The molecular weight excluding hydrogens is 216 g/mol. The van der Waals surface area contributed by atoms with Crippen molar-refractivity contribution in [2.75, 3.05) is 0 Å². The number of amides is 1. The summed E-state index contributed by atoms with van der Waals surface area (Å²) in [6.07, 6.45) is -0.310. The number of nitrogens with two attached hydrogens (primary N) is 2. The quantitative estimate of drug-likeness (QED) is 0.512. The van der Waals surface area contributed by atoms with Gasteiger partial charge in [0.15, 0.2) is 0 Å². The van der Waals surface area contributed by atoms with E-state index in [0.717, 1.165) is 0 Å². The average molecular weight is 234 g/mol. The molecule has 1 atom stereocenters. The second-order valence-electron chi connectivity index (χ2n) is 4.17. The molecule has 0 aromatic carbocycles. The Morgan fingerprint density at radius 3 is 1.56 bits per heavy atom. The van der Waals surface area contributed by atoms with Crippen molar-refractivity contribution in [1.82, 2.24) is 0 Å². The summed E-state index contributed by atoms with van der Waals surface area (Å²) in [4.78, 5) is 29.9. The van der Waals surface area contributed by atoms with Gasteiger partial charge in [0.25, 0.3) is 0 Å². The van der Waals surface area contributed by atoms with Crippen LogP contribution in [0.25, 0.3) is 0 Å². The number of primary amides is 1. The number of rotatable bonds is 3. The van der Waals surface area contributed by atoms with Crippen LogP contribution in [0.3, 0.4) is 0 Å². The van der Waals surface area contributed by atoms with E-state index in [1.54, 1.807) is 20.8 Å². The monoisotopic (exact) mass is 234 g/mol. The highest BCUT2D eigenvalue weighted by Gasteiger charge is 2.18. The number of hydrogen-bond acceptors (Lipinski definition) is 4. The van der Waals surface area contributed by atoms with Crippen molar-refractivity contribution in [3.63, 3.8) is 0 Å². The molecule has 0 unspecified atom stereocenters. The molecule has 94 valence electrons. The van der Waals surface area contributed by atoms with E-state index in [9.17, 15) is 14.4 Å². The second kappa shape index (κ2) is 6.78. The van der Waals surface area contributed by atoms with E-state index in [-0.39, 0.29) is 6.42 Å². The summed E-state index contributed by atoms with van der Waals surface area (Å²) in [5.41, 5.74) is 8.98. The highest BCUT2D eigenvalue weighted by Crippen LogP contribution is 2.11. The Morgan fingerprint density at radius 2 is 1.50 bits per heavy atom. The number of hydrogen-bond donors (Lipinski definition) is 4. The van der Waals surface area contributed by atoms with Crippen molar-refractivity contribution < 1.29 is 24.6 Å². The van der Waals surface area contributed by atoms with E-state index < -0.39 is 29.3 Å². The summed E-state index contributed by atoms with van der Waals surface area (Å²) in [7, 11) is 0. The highest BCUT2D eigenvalue weighted by atomic mass is 16.4. The van der Waals surface area contributed by atoms with Crippen molar-refractivity contribution in [3.8, 4) is 0 Å². The van der Waals surface area contributed by atoms with E-state index in [1.807, 2.05) is 0 Å². The van der Waals surface area contributed by atoms with Gasteiger partial charge >= 0.3 is 11.9 Å². The molecule has 0 aromatic heterocycles. The molecule has 0 radical (unpaired) electrons. The Bertz CT molecular complexity index is 270. The van der Waals surface area contributed by atoms with Crippen molar-refractivity contribution in [2.45, 2.75) is 33.2 Å². The minimum Gasteiger partial charge on any atom is -0.481 e. The molecule has 0 spiro atoms. The molecule has 0 bridgehead atoms. The molecule has 0 heterocycles. The second-order valence-corrected chi connectivity index (χ2v) is 4.17. The lowest BCUT2D eigenvalue weighted by Crippen LogP contribution is -2.34. The van der Waals surface area contributed by atoms with Crippen molar-refractivity contribution >= 4 is 17.8 Å². The first kappa shape index (κ1) is 16.8. The Balaban J connectivity index is 0. The maximum Gasteiger partial charge on any atom is 0.321 e. The maximum absolute atomic E-state index is 10.0. The molecule has 0 aliphatic rings. The number of carboxylic acid groups (broad SMARTS) is 2. The molecule has 7 heteroatoms. The van der Waals surface area contributed by atoms with Crippen LogP contribution in [0.4, 0.5) is 0 Å². The molecule has 0 aromatic rings. The van der Waals surface area contributed by atoms with Crippen LogP contribution in [0.15, 0.2) is 0 Å². The predicted octanol–water partition coefficient (Wildman–Crippen LogP) is -0.609. The van der Waals surface area contributed by atoms with Crippen LogP contribution in [0.5, 0.6) is 0 Å². The van der Waals surface area contributed by atoms with Crippen LogP contribution in [0.2, 0.25) is 0 Å². The lowest BCUT2D eigenvalue weighted by molar-refractivity contribution is -0.145. The molecular formula is C9H18N2O5. The molecule has 0 fully saturated rings. The van der Waals surface area contributed by atoms with Crippen LogP contribution < -0.4 is 11.5 Å². The molecule has 0 saturated heterocycles.